The van der Waals surface area contributed by atoms with E-state index in [1.807, 2.05) is 0 Å². The second-order valence-electron chi connectivity index (χ2n) is 8.56. The molecular weight excluding hydrogens is 499 g/mol. The van der Waals surface area contributed by atoms with Crippen molar-refractivity contribution in [3.63, 3.8) is 0 Å². The Morgan fingerprint density at radius 3 is 1.79 bits per heavy atom. The zero-order valence-electron chi connectivity index (χ0n) is 22.3. The van der Waals surface area contributed by atoms with E-state index in [4.69, 9.17) is 9.47 Å². The number of ether oxygens (including phenoxy) is 2. The molecule has 0 heterocycles. The van der Waals surface area contributed by atoms with E-state index in [0.29, 0.717) is 20.0 Å². The third-order valence-electron chi connectivity index (χ3n) is 5.92. The molecule has 0 amide bonds. The van der Waals surface area contributed by atoms with Gasteiger partial charge in [-0.15, -0.1) is 0 Å². The van der Waals surface area contributed by atoms with Gasteiger partial charge in [-0.05, 0) is 18.6 Å². The van der Waals surface area contributed by atoms with Gasteiger partial charge in [-0.3, -0.25) is 18.9 Å². The normalized spacial score (nSPS) is 10.3. The first kappa shape index (κ1) is 30.6. The lowest BCUT2D eigenvalue weighted by atomic mass is 9.92. The summed E-state index contributed by atoms with van der Waals surface area (Å²) in [6.45, 7) is 2.22. The van der Waals surface area contributed by atoms with Gasteiger partial charge in [0.15, 0.2) is 8.46 Å². The van der Waals surface area contributed by atoms with Crippen molar-refractivity contribution in [1.82, 2.24) is 0 Å². The van der Waals surface area contributed by atoms with Crippen LogP contribution in [0.15, 0.2) is 72.8 Å². The molecule has 0 N–H and O–H groups in total. The highest BCUT2D eigenvalue weighted by molar-refractivity contribution is 7.23. The van der Waals surface area contributed by atoms with Gasteiger partial charge in [-0.25, -0.2) is 0 Å². The molecular formula is C31H35O6P. The SMILES string of the molecule is CCCCCCCCP=O.COc1cccc(OC)c1C(=O)c1ccccc1C(=O)C(=O)c1ccccc1. The van der Waals surface area contributed by atoms with Gasteiger partial charge in [0.25, 0.3) is 0 Å². The molecule has 200 valence electrons. The fourth-order valence-electron chi connectivity index (χ4n) is 3.89. The van der Waals surface area contributed by atoms with Crippen LogP contribution >= 0.6 is 8.46 Å². The first-order chi connectivity index (χ1) is 18.5. The summed E-state index contributed by atoms with van der Waals surface area (Å²) in [6, 6.07) is 19.4. The van der Waals surface area contributed by atoms with E-state index in [9.17, 15) is 18.9 Å². The average Bonchev–Trinajstić information content (AvgIpc) is 2.98. The number of hydrogen-bond donors (Lipinski definition) is 0. The largest absolute Gasteiger partial charge is 0.496 e. The van der Waals surface area contributed by atoms with Crippen molar-refractivity contribution in [3.8, 4) is 11.5 Å². The van der Waals surface area contributed by atoms with Gasteiger partial charge in [-0.2, -0.15) is 0 Å². The summed E-state index contributed by atoms with van der Waals surface area (Å²) < 4.78 is 20.6. The molecule has 7 heteroatoms. The predicted molar refractivity (Wildman–Crippen MR) is 150 cm³/mol. The number of methoxy groups -OCH3 is 2. The molecule has 0 fully saturated rings. The van der Waals surface area contributed by atoms with Crippen LogP contribution in [-0.4, -0.2) is 37.7 Å². The molecule has 6 nitrogen and oxygen atoms in total. The van der Waals surface area contributed by atoms with Crippen molar-refractivity contribution < 1.29 is 28.4 Å². The molecule has 0 spiro atoms. The quantitative estimate of drug-likeness (QED) is 0.0914. The number of carbonyl (C=O) groups excluding carboxylic acids is 3. The lowest BCUT2D eigenvalue weighted by Gasteiger charge is -2.13. The Labute approximate surface area is 226 Å². The molecule has 0 unspecified atom stereocenters. The number of Topliss-reactive ketones (excluding diaryl/α,β-unsaturated/α-hetero) is 2. The Kier molecular flexibility index (Phi) is 13.7. The number of carbonyl (C=O) groups is 3. The Bertz CT molecular complexity index is 1180. The summed E-state index contributed by atoms with van der Waals surface area (Å²) in [6.07, 6.45) is 8.58. The summed E-state index contributed by atoms with van der Waals surface area (Å²) in [4.78, 5) is 38.7. The van der Waals surface area contributed by atoms with E-state index in [1.165, 1.54) is 58.5 Å². The van der Waals surface area contributed by atoms with Crippen molar-refractivity contribution in [3.05, 3.63) is 95.1 Å². The van der Waals surface area contributed by atoms with Gasteiger partial charge >= 0.3 is 0 Å². The van der Waals surface area contributed by atoms with Crippen LogP contribution < -0.4 is 9.47 Å². The van der Waals surface area contributed by atoms with E-state index >= 15 is 0 Å². The van der Waals surface area contributed by atoms with Crippen LogP contribution in [-0.2, 0) is 4.57 Å². The number of unbranched alkanes of at least 4 members (excludes halogenated alkanes) is 5. The molecule has 3 aromatic rings. The summed E-state index contributed by atoms with van der Waals surface area (Å²) in [5, 5.41) is 0. The van der Waals surface area contributed by atoms with Crippen molar-refractivity contribution in [2.45, 2.75) is 45.4 Å². The second-order valence-corrected chi connectivity index (χ2v) is 9.26. The first-order valence-electron chi connectivity index (χ1n) is 12.8. The lowest BCUT2D eigenvalue weighted by Crippen LogP contribution is -2.19. The van der Waals surface area contributed by atoms with E-state index < -0.39 is 17.3 Å². The molecule has 0 aliphatic heterocycles. The van der Waals surface area contributed by atoms with Crippen LogP contribution in [0.4, 0.5) is 0 Å². The molecule has 0 aromatic heterocycles. The maximum absolute atomic E-state index is 13.3. The Morgan fingerprint density at radius 2 is 1.21 bits per heavy atom. The molecule has 38 heavy (non-hydrogen) atoms. The van der Waals surface area contributed by atoms with Gasteiger partial charge < -0.3 is 9.47 Å². The maximum atomic E-state index is 13.3. The number of ketones is 3. The minimum Gasteiger partial charge on any atom is -0.496 e. The Morgan fingerprint density at radius 1 is 0.658 bits per heavy atom. The van der Waals surface area contributed by atoms with Crippen LogP contribution in [0.3, 0.4) is 0 Å². The third-order valence-corrected chi connectivity index (χ3v) is 6.42. The number of hydrogen-bond acceptors (Lipinski definition) is 6. The highest BCUT2D eigenvalue weighted by Crippen LogP contribution is 2.31. The molecule has 3 rings (SSSR count). The standard InChI is InChI=1S/C23H18O5.C8H17OP/c1-27-18-13-8-14-19(28-2)20(18)22(25)16-11-6-7-12-17(16)23(26)21(24)15-9-4-3-5-10-15;1-2-3-4-5-6-7-8-10-9/h3-14H,1-2H3;2-8H2,1H3. The fraction of sp³-hybridized carbons (Fsp3) is 0.323. The summed E-state index contributed by atoms with van der Waals surface area (Å²) in [5.74, 6) is -1.24. The van der Waals surface area contributed by atoms with Gasteiger partial charge in [0.1, 0.15) is 17.1 Å². The maximum Gasteiger partial charge on any atom is 0.234 e. The van der Waals surface area contributed by atoms with Crippen molar-refractivity contribution in [2.75, 3.05) is 20.4 Å². The van der Waals surface area contributed by atoms with Crippen LogP contribution in [0.5, 0.6) is 11.5 Å². The third kappa shape index (κ3) is 8.74. The minimum atomic E-state index is -0.746. The smallest absolute Gasteiger partial charge is 0.234 e. The van der Waals surface area contributed by atoms with Crippen LogP contribution in [0.2, 0.25) is 0 Å². The highest BCUT2D eigenvalue weighted by Gasteiger charge is 2.27. The molecule has 0 radical (unpaired) electrons. The van der Waals surface area contributed by atoms with Gasteiger partial charge in [0.05, 0.1) is 14.2 Å². The highest BCUT2D eigenvalue weighted by atomic mass is 31.1. The topological polar surface area (TPSA) is 86.7 Å². The minimum absolute atomic E-state index is 0.0364. The van der Waals surface area contributed by atoms with Crippen LogP contribution in [0.25, 0.3) is 0 Å². The zero-order chi connectivity index (χ0) is 27.8. The van der Waals surface area contributed by atoms with Gasteiger partial charge in [-0.1, -0.05) is 99.7 Å². The monoisotopic (exact) mass is 534 g/mol. The summed E-state index contributed by atoms with van der Waals surface area (Å²) in [7, 11) is 3.21. The van der Waals surface area contributed by atoms with Crippen LogP contribution in [0, 0.1) is 0 Å². The number of rotatable bonds is 14. The second kappa shape index (κ2) is 17.0. The molecule has 3 aromatic carbocycles. The van der Waals surface area contributed by atoms with E-state index in [2.05, 4.69) is 6.92 Å². The molecule has 0 atom stereocenters. The number of benzene rings is 3. The zero-order valence-corrected chi connectivity index (χ0v) is 23.2. The lowest BCUT2D eigenvalue weighted by molar-refractivity contribution is 0.0815. The van der Waals surface area contributed by atoms with E-state index in [0.717, 1.165) is 12.6 Å². The van der Waals surface area contributed by atoms with E-state index in [-0.39, 0.29) is 22.3 Å². The Hall–Kier alpha value is -3.63. The molecule has 0 saturated carbocycles. The van der Waals surface area contributed by atoms with Crippen molar-refractivity contribution in [2.24, 2.45) is 0 Å². The molecule has 0 saturated heterocycles. The Balaban J connectivity index is 0.000000432. The molecule has 0 aliphatic rings. The first-order valence-corrected chi connectivity index (χ1v) is 13.8. The van der Waals surface area contributed by atoms with Crippen molar-refractivity contribution >= 4 is 25.8 Å². The summed E-state index contributed by atoms with van der Waals surface area (Å²) in [5.41, 5.74) is 0.610. The average molecular weight is 535 g/mol. The van der Waals surface area contributed by atoms with Gasteiger partial charge in [0, 0.05) is 22.9 Å². The van der Waals surface area contributed by atoms with Gasteiger partial charge in [0.2, 0.25) is 17.3 Å². The molecule has 0 bridgehead atoms. The fourth-order valence-corrected chi connectivity index (χ4v) is 4.24. The molecule has 0 aliphatic carbocycles. The van der Waals surface area contributed by atoms with E-state index in [1.54, 1.807) is 60.7 Å². The van der Waals surface area contributed by atoms with Crippen LogP contribution in [0.1, 0.15) is 82.1 Å². The predicted octanol–water partition coefficient (Wildman–Crippen LogP) is 7.64. The summed E-state index contributed by atoms with van der Waals surface area (Å²) >= 11 is 0. The van der Waals surface area contributed by atoms with Crippen molar-refractivity contribution in [1.29, 1.82) is 0 Å².